The van der Waals surface area contributed by atoms with Gasteiger partial charge < -0.3 is 5.11 Å². The second-order valence-corrected chi connectivity index (χ2v) is 6.09. The van der Waals surface area contributed by atoms with Crippen LogP contribution in [0.2, 0.25) is 0 Å². The van der Waals surface area contributed by atoms with E-state index >= 15 is 0 Å². The van der Waals surface area contributed by atoms with Crippen LogP contribution in [-0.4, -0.2) is 30.4 Å². The first kappa shape index (κ1) is 15.1. The molecule has 0 bridgehead atoms. The molecule has 2 N–H and O–H groups in total. The highest BCUT2D eigenvalue weighted by molar-refractivity contribution is 7.85. The van der Waals surface area contributed by atoms with Crippen LogP contribution in [0.15, 0.2) is 30.3 Å². The summed E-state index contributed by atoms with van der Waals surface area (Å²) in [7, 11) is -3.85. The lowest BCUT2D eigenvalue weighted by atomic mass is 9.95. The summed E-state index contributed by atoms with van der Waals surface area (Å²) in [5.74, 6) is -0.0509. The zero-order chi connectivity index (χ0) is 13.4. The van der Waals surface area contributed by atoms with Gasteiger partial charge in [0.1, 0.15) is 0 Å². The van der Waals surface area contributed by atoms with Crippen molar-refractivity contribution in [1.82, 2.24) is 0 Å². The Kier molecular flexibility index (Phi) is 6.32. The summed E-state index contributed by atoms with van der Waals surface area (Å²) in [4.78, 5) is 0. The van der Waals surface area contributed by atoms with E-state index in [1.807, 2.05) is 30.3 Å². The van der Waals surface area contributed by atoms with Crippen LogP contribution in [0.25, 0.3) is 0 Å². The van der Waals surface area contributed by atoms with E-state index in [1.165, 1.54) is 5.56 Å². The predicted molar refractivity (Wildman–Crippen MR) is 71.0 cm³/mol. The molecule has 102 valence electrons. The highest BCUT2D eigenvalue weighted by Gasteiger charge is 2.10. The van der Waals surface area contributed by atoms with Gasteiger partial charge in [0.2, 0.25) is 0 Å². The Morgan fingerprint density at radius 2 is 1.78 bits per heavy atom. The third-order valence-corrected chi connectivity index (χ3v) is 3.69. The lowest BCUT2D eigenvalue weighted by Gasteiger charge is -2.13. The fourth-order valence-corrected chi connectivity index (χ4v) is 2.49. The first-order valence-corrected chi connectivity index (χ1v) is 7.72. The van der Waals surface area contributed by atoms with Crippen molar-refractivity contribution in [3.8, 4) is 0 Å². The minimum absolute atomic E-state index is 0.0980. The van der Waals surface area contributed by atoms with Crippen LogP contribution in [0.4, 0.5) is 0 Å². The van der Waals surface area contributed by atoms with E-state index in [0.717, 1.165) is 12.8 Å². The van der Waals surface area contributed by atoms with E-state index in [9.17, 15) is 13.5 Å². The zero-order valence-corrected chi connectivity index (χ0v) is 11.1. The Morgan fingerprint density at radius 1 is 1.11 bits per heavy atom. The molecule has 0 aliphatic carbocycles. The Labute approximate surface area is 108 Å². The maximum absolute atomic E-state index is 10.5. The zero-order valence-electron chi connectivity index (χ0n) is 10.3. The molecular formula is C13H20O4S. The predicted octanol–water partition coefficient (Wildman–Crippen LogP) is 1.90. The molecule has 1 atom stereocenters. The van der Waals surface area contributed by atoms with Crippen LogP contribution in [0.3, 0.4) is 0 Å². The molecule has 0 radical (unpaired) electrons. The largest absolute Gasteiger partial charge is 0.396 e. The van der Waals surface area contributed by atoms with Crippen LogP contribution < -0.4 is 0 Å². The molecule has 0 unspecified atom stereocenters. The van der Waals surface area contributed by atoms with Gasteiger partial charge in [-0.3, -0.25) is 4.55 Å². The van der Waals surface area contributed by atoms with Gasteiger partial charge >= 0.3 is 0 Å². The van der Waals surface area contributed by atoms with Gasteiger partial charge in [-0.1, -0.05) is 36.8 Å². The maximum Gasteiger partial charge on any atom is 0.264 e. The van der Waals surface area contributed by atoms with Gasteiger partial charge in [-0.2, -0.15) is 8.42 Å². The molecular weight excluding hydrogens is 252 g/mol. The molecule has 0 aromatic heterocycles. The van der Waals surface area contributed by atoms with E-state index in [4.69, 9.17) is 4.55 Å². The molecule has 0 saturated heterocycles. The normalized spacial score (nSPS) is 13.4. The molecule has 0 spiro atoms. The van der Waals surface area contributed by atoms with Gasteiger partial charge in [0.05, 0.1) is 5.75 Å². The van der Waals surface area contributed by atoms with Gasteiger partial charge in [-0.15, -0.1) is 0 Å². The molecule has 5 heteroatoms. The second-order valence-electron chi connectivity index (χ2n) is 4.52. The van der Waals surface area contributed by atoms with Crippen LogP contribution in [-0.2, 0) is 16.5 Å². The van der Waals surface area contributed by atoms with Crippen LogP contribution in [0.5, 0.6) is 0 Å². The van der Waals surface area contributed by atoms with Crippen molar-refractivity contribution in [2.45, 2.75) is 25.7 Å². The molecule has 1 rings (SSSR count). The molecule has 18 heavy (non-hydrogen) atoms. The number of unbranched alkanes of at least 4 members (excludes halogenated alkanes) is 1. The van der Waals surface area contributed by atoms with Crippen LogP contribution in [0, 0.1) is 5.92 Å². The fourth-order valence-electron chi connectivity index (χ4n) is 1.92. The minimum atomic E-state index is -3.85. The number of aliphatic hydroxyl groups excluding tert-OH is 1. The van der Waals surface area contributed by atoms with Crippen molar-refractivity contribution in [2.75, 3.05) is 12.4 Å². The van der Waals surface area contributed by atoms with Crippen LogP contribution in [0.1, 0.15) is 24.8 Å². The molecule has 0 amide bonds. The maximum atomic E-state index is 10.5. The summed E-state index contributed by atoms with van der Waals surface area (Å²) in [5, 5.41) is 9.28. The summed E-state index contributed by atoms with van der Waals surface area (Å²) in [6, 6.07) is 9.90. The first-order valence-electron chi connectivity index (χ1n) is 6.11. The van der Waals surface area contributed by atoms with Gasteiger partial charge in [0.15, 0.2) is 0 Å². The van der Waals surface area contributed by atoms with Gasteiger partial charge in [-0.05, 0) is 30.7 Å². The van der Waals surface area contributed by atoms with Crippen LogP contribution >= 0.6 is 0 Å². The smallest absolute Gasteiger partial charge is 0.264 e. The average Bonchev–Trinajstić information content (AvgIpc) is 2.33. The van der Waals surface area contributed by atoms with E-state index in [0.29, 0.717) is 12.8 Å². The SMILES string of the molecule is O=S(=O)(O)CCCC[C@@H](CO)Cc1ccccc1. The second kappa shape index (κ2) is 7.51. The lowest BCUT2D eigenvalue weighted by Crippen LogP contribution is -2.11. The van der Waals surface area contributed by atoms with Gasteiger partial charge in [-0.25, -0.2) is 0 Å². The molecule has 0 aliphatic rings. The fraction of sp³-hybridized carbons (Fsp3) is 0.538. The monoisotopic (exact) mass is 272 g/mol. The van der Waals surface area contributed by atoms with E-state index in [-0.39, 0.29) is 18.3 Å². The number of benzene rings is 1. The van der Waals surface area contributed by atoms with E-state index in [2.05, 4.69) is 0 Å². The summed E-state index contributed by atoms with van der Waals surface area (Å²) >= 11 is 0. The Balaban J connectivity index is 2.30. The Morgan fingerprint density at radius 3 is 2.33 bits per heavy atom. The number of hydrogen-bond acceptors (Lipinski definition) is 3. The number of aliphatic hydroxyl groups is 1. The Hall–Kier alpha value is -0.910. The third-order valence-electron chi connectivity index (χ3n) is 2.89. The third kappa shape index (κ3) is 6.74. The molecule has 0 aliphatic heterocycles. The summed E-state index contributed by atoms with van der Waals surface area (Å²) in [6.07, 6.45) is 2.69. The van der Waals surface area contributed by atoms with Crippen molar-refractivity contribution in [1.29, 1.82) is 0 Å². The summed E-state index contributed by atoms with van der Waals surface area (Å²) in [6.45, 7) is 0.0980. The van der Waals surface area contributed by atoms with Crippen molar-refractivity contribution < 1.29 is 18.1 Å². The lowest BCUT2D eigenvalue weighted by molar-refractivity contribution is 0.215. The standard InChI is InChI=1S/C13H20O4S/c14-11-13(8-4-5-9-18(15,16)17)10-12-6-2-1-3-7-12/h1-3,6-7,13-14H,4-5,8-11H2,(H,15,16,17)/t13-/m1/s1. The molecule has 0 fully saturated rings. The summed E-state index contributed by atoms with van der Waals surface area (Å²) < 4.78 is 29.7. The molecule has 0 saturated carbocycles. The van der Waals surface area contributed by atoms with Gasteiger partial charge in [0, 0.05) is 6.61 Å². The highest BCUT2D eigenvalue weighted by Crippen LogP contribution is 2.15. The average molecular weight is 272 g/mol. The molecule has 0 heterocycles. The molecule has 1 aromatic rings. The number of hydrogen-bond donors (Lipinski definition) is 2. The summed E-state index contributed by atoms with van der Waals surface area (Å²) in [5.41, 5.74) is 1.17. The highest BCUT2D eigenvalue weighted by atomic mass is 32.2. The van der Waals surface area contributed by atoms with E-state index in [1.54, 1.807) is 0 Å². The Bertz CT molecular complexity index is 428. The van der Waals surface area contributed by atoms with Crippen molar-refractivity contribution >= 4 is 10.1 Å². The van der Waals surface area contributed by atoms with Crippen molar-refractivity contribution in [3.63, 3.8) is 0 Å². The van der Waals surface area contributed by atoms with Gasteiger partial charge in [0.25, 0.3) is 10.1 Å². The first-order chi connectivity index (χ1) is 8.51. The quantitative estimate of drug-likeness (QED) is 0.560. The van der Waals surface area contributed by atoms with Crippen molar-refractivity contribution in [3.05, 3.63) is 35.9 Å². The molecule has 1 aromatic carbocycles. The minimum Gasteiger partial charge on any atom is -0.396 e. The van der Waals surface area contributed by atoms with E-state index < -0.39 is 10.1 Å². The number of rotatable bonds is 8. The molecule has 4 nitrogen and oxygen atoms in total. The topological polar surface area (TPSA) is 74.6 Å². The van der Waals surface area contributed by atoms with Crippen molar-refractivity contribution in [2.24, 2.45) is 5.92 Å².